The van der Waals surface area contributed by atoms with Crippen molar-refractivity contribution < 1.29 is 19.0 Å². The van der Waals surface area contributed by atoms with Crippen molar-refractivity contribution in [1.29, 1.82) is 0 Å². The third-order valence-corrected chi connectivity index (χ3v) is 4.79. The van der Waals surface area contributed by atoms with Crippen LogP contribution in [0.1, 0.15) is 29.4 Å². The SMILES string of the molecule is NCC1CN(c2nc3c(cc2F)c(=O)cc(C(=O)O)n3C2CC2)CCO1. The van der Waals surface area contributed by atoms with Crippen LogP contribution in [-0.2, 0) is 4.74 Å². The van der Waals surface area contributed by atoms with Crippen LogP contribution in [0.15, 0.2) is 16.9 Å². The number of nitrogens with zero attached hydrogens (tertiary/aromatic N) is 3. The number of fused-ring (bicyclic) bond motifs is 1. The van der Waals surface area contributed by atoms with E-state index in [1.807, 2.05) is 0 Å². The Kier molecular flexibility index (Phi) is 4.12. The number of anilines is 1. The van der Waals surface area contributed by atoms with E-state index in [1.54, 1.807) is 9.47 Å². The lowest BCUT2D eigenvalue weighted by Gasteiger charge is -2.33. The van der Waals surface area contributed by atoms with Gasteiger partial charge in [-0.2, -0.15) is 0 Å². The van der Waals surface area contributed by atoms with Gasteiger partial charge in [0.2, 0.25) is 0 Å². The summed E-state index contributed by atoms with van der Waals surface area (Å²) in [5.41, 5.74) is 5.19. The van der Waals surface area contributed by atoms with E-state index in [0.717, 1.165) is 25.0 Å². The number of carboxylic acids is 1. The van der Waals surface area contributed by atoms with Crippen molar-refractivity contribution >= 4 is 22.8 Å². The van der Waals surface area contributed by atoms with E-state index in [0.29, 0.717) is 26.2 Å². The maximum atomic E-state index is 14.7. The van der Waals surface area contributed by atoms with Crippen molar-refractivity contribution in [3.05, 3.63) is 33.9 Å². The number of hydrogen-bond donors (Lipinski definition) is 2. The third kappa shape index (κ3) is 2.82. The van der Waals surface area contributed by atoms with Crippen molar-refractivity contribution in [2.75, 3.05) is 31.1 Å². The maximum absolute atomic E-state index is 14.7. The number of morpholine rings is 1. The van der Waals surface area contributed by atoms with Gasteiger partial charge in [-0.05, 0) is 18.9 Å². The summed E-state index contributed by atoms with van der Waals surface area (Å²) in [5, 5.41) is 9.55. The molecule has 1 aliphatic heterocycles. The molecular weight excluding hydrogens is 343 g/mol. The van der Waals surface area contributed by atoms with E-state index < -0.39 is 17.2 Å². The summed E-state index contributed by atoms with van der Waals surface area (Å²) < 4.78 is 21.7. The largest absolute Gasteiger partial charge is 0.477 e. The average Bonchev–Trinajstić information content (AvgIpc) is 3.46. The number of aromatic nitrogens is 2. The molecule has 2 aromatic heterocycles. The summed E-state index contributed by atoms with van der Waals surface area (Å²) >= 11 is 0. The molecule has 26 heavy (non-hydrogen) atoms. The van der Waals surface area contributed by atoms with Crippen LogP contribution in [0.5, 0.6) is 0 Å². The third-order valence-electron chi connectivity index (χ3n) is 4.79. The van der Waals surface area contributed by atoms with Crippen molar-refractivity contribution in [2.24, 2.45) is 5.73 Å². The zero-order valence-electron chi connectivity index (χ0n) is 14.0. The van der Waals surface area contributed by atoms with Crippen LogP contribution in [0.25, 0.3) is 11.0 Å². The fraction of sp³-hybridized carbons (Fsp3) is 0.471. The average molecular weight is 362 g/mol. The van der Waals surface area contributed by atoms with E-state index in [-0.39, 0.29) is 34.7 Å². The van der Waals surface area contributed by atoms with Crippen LogP contribution in [0.2, 0.25) is 0 Å². The first-order valence-electron chi connectivity index (χ1n) is 8.55. The lowest BCUT2D eigenvalue weighted by atomic mass is 10.2. The number of hydrogen-bond acceptors (Lipinski definition) is 6. The van der Waals surface area contributed by atoms with Crippen LogP contribution < -0.4 is 16.1 Å². The van der Waals surface area contributed by atoms with Gasteiger partial charge in [0.15, 0.2) is 17.1 Å². The molecule has 0 spiro atoms. The molecule has 1 atom stereocenters. The highest BCUT2D eigenvalue weighted by atomic mass is 19.1. The second kappa shape index (κ2) is 6.33. The molecule has 0 radical (unpaired) electrons. The number of ether oxygens (including phenoxy) is 1. The minimum Gasteiger partial charge on any atom is -0.477 e. The fourth-order valence-corrected chi connectivity index (χ4v) is 3.36. The normalized spacial score (nSPS) is 20.5. The number of rotatable bonds is 4. The number of pyridine rings is 2. The highest BCUT2D eigenvalue weighted by Crippen LogP contribution is 2.38. The van der Waals surface area contributed by atoms with Gasteiger partial charge in [0, 0.05) is 31.7 Å². The summed E-state index contributed by atoms with van der Waals surface area (Å²) in [6, 6.07) is 2.16. The second-order valence-corrected chi connectivity index (χ2v) is 6.64. The molecule has 1 saturated carbocycles. The van der Waals surface area contributed by atoms with Crippen molar-refractivity contribution in [3.8, 4) is 0 Å². The minimum absolute atomic E-state index is 0.0310. The second-order valence-electron chi connectivity index (χ2n) is 6.64. The van der Waals surface area contributed by atoms with Gasteiger partial charge in [-0.3, -0.25) is 4.79 Å². The van der Waals surface area contributed by atoms with Crippen LogP contribution in [-0.4, -0.2) is 53.0 Å². The highest BCUT2D eigenvalue weighted by Gasteiger charge is 2.31. The van der Waals surface area contributed by atoms with Crippen molar-refractivity contribution in [1.82, 2.24) is 9.55 Å². The number of nitrogens with two attached hydrogens (primary N) is 1. The lowest BCUT2D eigenvalue weighted by Crippen LogP contribution is -2.46. The molecule has 0 bridgehead atoms. The van der Waals surface area contributed by atoms with Crippen molar-refractivity contribution in [3.63, 3.8) is 0 Å². The predicted molar refractivity (Wildman–Crippen MR) is 92.2 cm³/mol. The van der Waals surface area contributed by atoms with Gasteiger partial charge in [-0.15, -0.1) is 0 Å². The summed E-state index contributed by atoms with van der Waals surface area (Å²) in [7, 11) is 0. The highest BCUT2D eigenvalue weighted by molar-refractivity contribution is 5.90. The Balaban J connectivity index is 1.90. The summed E-state index contributed by atoms with van der Waals surface area (Å²) in [4.78, 5) is 30.0. The molecule has 2 aromatic rings. The van der Waals surface area contributed by atoms with E-state index in [1.165, 1.54) is 0 Å². The van der Waals surface area contributed by atoms with Crippen molar-refractivity contribution in [2.45, 2.75) is 25.0 Å². The molecule has 1 saturated heterocycles. The van der Waals surface area contributed by atoms with Gasteiger partial charge >= 0.3 is 5.97 Å². The summed E-state index contributed by atoms with van der Waals surface area (Å²) in [5.74, 6) is -1.72. The molecule has 1 unspecified atom stereocenters. The number of carbonyl (C=O) groups is 1. The Labute approximate surface area is 148 Å². The maximum Gasteiger partial charge on any atom is 0.352 e. The van der Waals surface area contributed by atoms with Gasteiger partial charge in [0.25, 0.3) is 0 Å². The molecule has 2 aliphatic rings. The Morgan fingerprint density at radius 1 is 1.42 bits per heavy atom. The van der Waals surface area contributed by atoms with E-state index >= 15 is 0 Å². The summed E-state index contributed by atoms with van der Waals surface area (Å²) in [6.45, 7) is 1.53. The lowest BCUT2D eigenvalue weighted by molar-refractivity contribution is 0.0461. The summed E-state index contributed by atoms with van der Waals surface area (Å²) in [6.07, 6.45) is 1.38. The molecule has 2 fully saturated rings. The fourth-order valence-electron chi connectivity index (χ4n) is 3.36. The van der Waals surface area contributed by atoms with Crippen LogP contribution in [0.3, 0.4) is 0 Å². The van der Waals surface area contributed by atoms with Gasteiger partial charge in [-0.1, -0.05) is 0 Å². The van der Waals surface area contributed by atoms with Crippen LogP contribution in [0, 0.1) is 5.82 Å². The smallest absolute Gasteiger partial charge is 0.352 e. The van der Waals surface area contributed by atoms with Crippen LogP contribution >= 0.6 is 0 Å². The number of halogens is 1. The van der Waals surface area contributed by atoms with Gasteiger partial charge in [0.1, 0.15) is 11.3 Å². The van der Waals surface area contributed by atoms with Gasteiger partial charge in [-0.25, -0.2) is 14.2 Å². The molecule has 138 valence electrons. The first-order valence-corrected chi connectivity index (χ1v) is 8.55. The molecule has 1 aliphatic carbocycles. The first-order chi connectivity index (χ1) is 12.5. The zero-order chi connectivity index (χ0) is 18.4. The molecule has 4 rings (SSSR count). The number of carboxylic acid groups (broad SMARTS) is 1. The monoisotopic (exact) mass is 362 g/mol. The predicted octanol–water partition coefficient (Wildman–Crippen LogP) is 0.733. The Bertz CT molecular complexity index is 940. The van der Waals surface area contributed by atoms with E-state index in [9.17, 15) is 19.1 Å². The molecular formula is C17H19FN4O4. The quantitative estimate of drug-likeness (QED) is 0.825. The van der Waals surface area contributed by atoms with E-state index in [2.05, 4.69) is 4.98 Å². The van der Waals surface area contributed by atoms with Gasteiger partial charge in [0.05, 0.1) is 18.1 Å². The van der Waals surface area contributed by atoms with Gasteiger partial charge < -0.3 is 25.0 Å². The van der Waals surface area contributed by atoms with Crippen LogP contribution in [0.4, 0.5) is 10.2 Å². The molecule has 8 nitrogen and oxygen atoms in total. The zero-order valence-corrected chi connectivity index (χ0v) is 14.0. The number of aromatic carboxylic acids is 1. The Morgan fingerprint density at radius 2 is 2.19 bits per heavy atom. The molecule has 9 heteroatoms. The van der Waals surface area contributed by atoms with E-state index in [4.69, 9.17) is 10.5 Å². The minimum atomic E-state index is -1.20. The standard InChI is InChI=1S/C17H19FN4O4/c18-12-5-11-14(23)6-13(17(24)25)22(9-1-2-9)15(11)20-16(12)21-3-4-26-10(7-19)8-21/h5-6,9-10H,1-4,7-8,19H2,(H,24,25). The molecule has 0 aromatic carbocycles. The topological polar surface area (TPSA) is 111 Å². The molecule has 3 heterocycles. The first kappa shape index (κ1) is 16.9. The Hall–Kier alpha value is -2.52. The molecule has 3 N–H and O–H groups in total. The molecule has 0 amide bonds. The Morgan fingerprint density at radius 3 is 2.85 bits per heavy atom.